The summed E-state index contributed by atoms with van der Waals surface area (Å²) in [4.78, 5) is 0. The first-order valence-corrected chi connectivity index (χ1v) is 4.45. The van der Waals surface area contributed by atoms with Crippen LogP contribution in [0.1, 0.15) is 19.3 Å². The minimum Gasteiger partial charge on any atom is -0.330 e. The third-order valence-corrected chi connectivity index (χ3v) is 2.64. The SMILES string of the molecule is NCC1CCC=C(I)C1. The standard InChI is InChI=1S/C7H12IN/c8-7-3-1-2-6(4-7)5-9/h3,6H,1-2,4-5,9H2. The summed E-state index contributed by atoms with van der Waals surface area (Å²) in [6.45, 7) is 0.861. The van der Waals surface area contributed by atoms with Gasteiger partial charge in [-0.3, -0.25) is 0 Å². The second kappa shape index (κ2) is 3.56. The summed E-state index contributed by atoms with van der Waals surface area (Å²) in [7, 11) is 0. The predicted molar refractivity (Wildman–Crippen MR) is 48.5 cm³/mol. The summed E-state index contributed by atoms with van der Waals surface area (Å²) in [6, 6.07) is 0. The molecule has 52 valence electrons. The van der Waals surface area contributed by atoms with E-state index >= 15 is 0 Å². The second-order valence-electron chi connectivity index (χ2n) is 2.53. The van der Waals surface area contributed by atoms with Gasteiger partial charge in [0.15, 0.2) is 0 Å². The highest BCUT2D eigenvalue weighted by Gasteiger charge is 2.10. The van der Waals surface area contributed by atoms with Gasteiger partial charge in [0.2, 0.25) is 0 Å². The highest BCUT2D eigenvalue weighted by atomic mass is 127. The molecule has 1 aliphatic carbocycles. The van der Waals surface area contributed by atoms with Gasteiger partial charge in [0, 0.05) is 0 Å². The van der Waals surface area contributed by atoms with Crippen LogP contribution < -0.4 is 5.73 Å². The van der Waals surface area contributed by atoms with Crippen LogP contribution in [0.4, 0.5) is 0 Å². The van der Waals surface area contributed by atoms with Crippen molar-refractivity contribution in [1.82, 2.24) is 0 Å². The Hall–Kier alpha value is 0.430. The van der Waals surface area contributed by atoms with E-state index in [9.17, 15) is 0 Å². The molecule has 0 aromatic rings. The van der Waals surface area contributed by atoms with Crippen molar-refractivity contribution in [2.24, 2.45) is 11.7 Å². The molecular weight excluding hydrogens is 225 g/mol. The van der Waals surface area contributed by atoms with Gasteiger partial charge in [-0.1, -0.05) is 6.08 Å². The van der Waals surface area contributed by atoms with Crippen LogP contribution in [-0.2, 0) is 0 Å². The van der Waals surface area contributed by atoms with Gasteiger partial charge < -0.3 is 5.73 Å². The third-order valence-electron chi connectivity index (χ3n) is 1.76. The van der Waals surface area contributed by atoms with E-state index in [0.29, 0.717) is 0 Å². The molecule has 1 aliphatic rings. The van der Waals surface area contributed by atoms with Crippen molar-refractivity contribution in [3.05, 3.63) is 9.66 Å². The van der Waals surface area contributed by atoms with Gasteiger partial charge in [0.25, 0.3) is 0 Å². The first-order valence-electron chi connectivity index (χ1n) is 3.37. The molecule has 0 heterocycles. The maximum atomic E-state index is 5.53. The van der Waals surface area contributed by atoms with Gasteiger partial charge >= 0.3 is 0 Å². The fraction of sp³-hybridized carbons (Fsp3) is 0.714. The summed E-state index contributed by atoms with van der Waals surface area (Å²) >= 11 is 2.40. The fourth-order valence-electron chi connectivity index (χ4n) is 1.14. The minimum absolute atomic E-state index is 0.766. The Morgan fingerprint density at radius 2 is 2.56 bits per heavy atom. The Labute approximate surface area is 69.8 Å². The van der Waals surface area contributed by atoms with E-state index in [4.69, 9.17) is 5.73 Å². The lowest BCUT2D eigenvalue weighted by atomic mass is 9.95. The lowest BCUT2D eigenvalue weighted by molar-refractivity contribution is 0.489. The molecular formula is C7H12IN. The normalized spacial score (nSPS) is 27.8. The molecule has 0 fully saturated rings. The Kier molecular flexibility index (Phi) is 2.98. The first-order chi connectivity index (χ1) is 4.33. The average Bonchev–Trinajstić information content (AvgIpc) is 1.88. The number of rotatable bonds is 1. The topological polar surface area (TPSA) is 26.0 Å². The summed E-state index contributed by atoms with van der Waals surface area (Å²) < 4.78 is 1.49. The zero-order chi connectivity index (χ0) is 6.69. The fourth-order valence-corrected chi connectivity index (χ4v) is 2.07. The van der Waals surface area contributed by atoms with Crippen molar-refractivity contribution in [3.63, 3.8) is 0 Å². The highest BCUT2D eigenvalue weighted by molar-refractivity contribution is 14.1. The third kappa shape index (κ3) is 2.26. The number of allylic oxidation sites excluding steroid dienone is 2. The summed E-state index contributed by atoms with van der Waals surface area (Å²) in [5, 5.41) is 0. The van der Waals surface area contributed by atoms with E-state index in [0.717, 1.165) is 12.5 Å². The van der Waals surface area contributed by atoms with E-state index in [2.05, 4.69) is 28.7 Å². The van der Waals surface area contributed by atoms with Crippen LogP contribution in [0.25, 0.3) is 0 Å². The molecule has 1 nitrogen and oxygen atoms in total. The number of hydrogen-bond acceptors (Lipinski definition) is 1. The monoisotopic (exact) mass is 237 g/mol. The molecule has 0 bridgehead atoms. The van der Waals surface area contributed by atoms with E-state index < -0.39 is 0 Å². The van der Waals surface area contributed by atoms with Crippen LogP contribution >= 0.6 is 22.6 Å². The van der Waals surface area contributed by atoms with E-state index in [1.54, 1.807) is 0 Å². The first kappa shape index (κ1) is 7.54. The zero-order valence-corrected chi connectivity index (χ0v) is 7.60. The lowest BCUT2D eigenvalue weighted by Crippen LogP contribution is -2.15. The molecule has 2 heteroatoms. The smallest absolute Gasteiger partial charge is 0.00454 e. The molecule has 0 spiro atoms. The van der Waals surface area contributed by atoms with E-state index in [1.807, 2.05) is 0 Å². The molecule has 1 unspecified atom stereocenters. The predicted octanol–water partition coefficient (Wildman–Crippen LogP) is 2.06. The summed E-state index contributed by atoms with van der Waals surface area (Å²) in [6.07, 6.45) is 6.06. The number of hydrogen-bond donors (Lipinski definition) is 1. The quantitative estimate of drug-likeness (QED) is 0.694. The molecule has 0 amide bonds. The van der Waals surface area contributed by atoms with Crippen LogP contribution in [0.2, 0.25) is 0 Å². The average molecular weight is 237 g/mol. The maximum Gasteiger partial charge on any atom is -0.00454 e. The Morgan fingerprint density at radius 1 is 1.78 bits per heavy atom. The molecule has 0 radical (unpaired) electrons. The second-order valence-corrected chi connectivity index (χ2v) is 3.92. The Morgan fingerprint density at radius 3 is 3.00 bits per heavy atom. The van der Waals surface area contributed by atoms with Crippen LogP contribution in [0.3, 0.4) is 0 Å². The van der Waals surface area contributed by atoms with Crippen molar-refractivity contribution in [2.45, 2.75) is 19.3 Å². The van der Waals surface area contributed by atoms with Crippen LogP contribution in [-0.4, -0.2) is 6.54 Å². The van der Waals surface area contributed by atoms with Gasteiger partial charge in [-0.15, -0.1) is 0 Å². The van der Waals surface area contributed by atoms with Crippen molar-refractivity contribution in [3.8, 4) is 0 Å². The molecule has 0 saturated carbocycles. The van der Waals surface area contributed by atoms with Gasteiger partial charge in [0.1, 0.15) is 0 Å². The van der Waals surface area contributed by atoms with Gasteiger partial charge in [0.05, 0.1) is 0 Å². The molecule has 9 heavy (non-hydrogen) atoms. The van der Waals surface area contributed by atoms with Crippen molar-refractivity contribution in [2.75, 3.05) is 6.54 Å². The maximum absolute atomic E-state index is 5.53. The number of halogens is 1. The van der Waals surface area contributed by atoms with Crippen molar-refractivity contribution < 1.29 is 0 Å². The van der Waals surface area contributed by atoms with Gasteiger partial charge in [-0.05, 0) is 57.9 Å². The van der Waals surface area contributed by atoms with Gasteiger partial charge in [-0.2, -0.15) is 0 Å². The summed E-state index contributed by atoms with van der Waals surface area (Å²) in [5.74, 6) is 0.766. The zero-order valence-electron chi connectivity index (χ0n) is 5.44. The highest BCUT2D eigenvalue weighted by Crippen LogP contribution is 2.26. The lowest BCUT2D eigenvalue weighted by Gasteiger charge is -2.17. The van der Waals surface area contributed by atoms with Crippen LogP contribution in [0, 0.1) is 5.92 Å². The van der Waals surface area contributed by atoms with Crippen LogP contribution in [0.15, 0.2) is 9.66 Å². The Bertz CT molecular complexity index is 120. The minimum atomic E-state index is 0.766. The number of nitrogens with two attached hydrogens (primary N) is 1. The molecule has 1 rings (SSSR count). The molecule has 0 saturated heterocycles. The van der Waals surface area contributed by atoms with Crippen molar-refractivity contribution >= 4 is 22.6 Å². The van der Waals surface area contributed by atoms with E-state index in [-0.39, 0.29) is 0 Å². The molecule has 0 aromatic heterocycles. The summed E-state index contributed by atoms with van der Waals surface area (Å²) in [5.41, 5.74) is 5.53. The largest absolute Gasteiger partial charge is 0.330 e. The molecule has 0 aliphatic heterocycles. The van der Waals surface area contributed by atoms with Crippen molar-refractivity contribution in [1.29, 1.82) is 0 Å². The molecule has 0 aromatic carbocycles. The molecule has 2 N–H and O–H groups in total. The van der Waals surface area contributed by atoms with E-state index in [1.165, 1.54) is 22.8 Å². The van der Waals surface area contributed by atoms with Gasteiger partial charge in [-0.25, -0.2) is 0 Å². The Balaban J connectivity index is 2.39. The molecule has 1 atom stereocenters. The van der Waals surface area contributed by atoms with Crippen LogP contribution in [0.5, 0.6) is 0 Å².